The van der Waals surface area contributed by atoms with Crippen molar-refractivity contribution in [3.05, 3.63) is 42.0 Å². The first-order valence-corrected chi connectivity index (χ1v) is 5.76. The van der Waals surface area contributed by atoms with Crippen LogP contribution in [0.5, 0.6) is 5.75 Å². The molecule has 2 aromatic rings. The van der Waals surface area contributed by atoms with E-state index in [0.717, 1.165) is 16.3 Å². The fraction of sp³-hybridized carbons (Fsp3) is 0.286. The third-order valence-electron chi connectivity index (χ3n) is 2.92. The average molecular weight is 231 g/mol. The van der Waals surface area contributed by atoms with Gasteiger partial charge in [-0.1, -0.05) is 30.3 Å². The number of phenols is 1. The van der Waals surface area contributed by atoms with E-state index in [-0.39, 0.29) is 12.6 Å². The molecule has 2 rings (SSSR count). The molecule has 90 valence electrons. The molecule has 3 heteroatoms. The first-order valence-electron chi connectivity index (χ1n) is 5.76. The molecule has 2 aromatic carbocycles. The van der Waals surface area contributed by atoms with Gasteiger partial charge in [-0.05, 0) is 23.8 Å². The quantitative estimate of drug-likeness (QED) is 0.754. The van der Waals surface area contributed by atoms with Gasteiger partial charge in [0, 0.05) is 18.2 Å². The largest absolute Gasteiger partial charge is 0.508 e. The number of fused-ring (bicyclic) bond motifs is 1. The lowest BCUT2D eigenvalue weighted by molar-refractivity contribution is 0.250. The molecule has 3 N–H and O–H groups in total. The van der Waals surface area contributed by atoms with Gasteiger partial charge in [-0.15, -0.1) is 0 Å². The molecular formula is C14H17NO2. The van der Waals surface area contributed by atoms with E-state index in [1.54, 1.807) is 6.07 Å². The zero-order chi connectivity index (χ0) is 12.3. The second-order valence-corrected chi connectivity index (χ2v) is 4.25. The molecule has 0 radical (unpaired) electrons. The van der Waals surface area contributed by atoms with Crippen molar-refractivity contribution in [1.29, 1.82) is 0 Å². The number of nitrogens with one attached hydrogen (secondary N) is 1. The zero-order valence-electron chi connectivity index (χ0n) is 9.85. The number of hydrogen-bond donors (Lipinski definition) is 3. The minimum atomic E-state index is 0.0216. The summed E-state index contributed by atoms with van der Waals surface area (Å²) in [7, 11) is 0. The van der Waals surface area contributed by atoms with Crippen LogP contribution in [0.25, 0.3) is 10.8 Å². The normalized spacial score (nSPS) is 12.8. The molecule has 0 heterocycles. The maximum atomic E-state index is 9.89. The predicted molar refractivity (Wildman–Crippen MR) is 69.0 cm³/mol. The van der Waals surface area contributed by atoms with Gasteiger partial charge in [0.15, 0.2) is 0 Å². The van der Waals surface area contributed by atoms with Crippen molar-refractivity contribution in [1.82, 2.24) is 5.32 Å². The van der Waals surface area contributed by atoms with Gasteiger partial charge >= 0.3 is 0 Å². The van der Waals surface area contributed by atoms with E-state index >= 15 is 0 Å². The first kappa shape index (κ1) is 11.9. The monoisotopic (exact) mass is 231 g/mol. The summed E-state index contributed by atoms with van der Waals surface area (Å²) in [6.07, 6.45) is 0. The number of aliphatic hydroxyl groups excluding tert-OH is 1. The van der Waals surface area contributed by atoms with E-state index in [0.29, 0.717) is 12.3 Å². The fourth-order valence-corrected chi connectivity index (χ4v) is 1.85. The fourth-order valence-electron chi connectivity index (χ4n) is 1.85. The van der Waals surface area contributed by atoms with Crippen LogP contribution in [0.2, 0.25) is 0 Å². The maximum Gasteiger partial charge on any atom is 0.120 e. The highest BCUT2D eigenvalue weighted by Gasteiger charge is 2.07. The minimum absolute atomic E-state index is 0.0216. The van der Waals surface area contributed by atoms with Crippen LogP contribution in [0, 0.1) is 0 Å². The first-order chi connectivity index (χ1) is 8.22. The molecule has 17 heavy (non-hydrogen) atoms. The molecule has 0 spiro atoms. The van der Waals surface area contributed by atoms with Gasteiger partial charge in [0.1, 0.15) is 5.75 Å². The Bertz CT molecular complexity index is 511. The van der Waals surface area contributed by atoms with Crippen molar-refractivity contribution < 1.29 is 10.2 Å². The lowest BCUT2D eigenvalue weighted by Crippen LogP contribution is -2.28. The Kier molecular flexibility index (Phi) is 3.61. The molecule has 0 aliphatic rings. The Hall–Kier alpha value is -1.58. The topological polar surface area (TPSA) is 52.5 Å². The van der Waals surface area contributed by atoms with Crippen LogP contribution in [0.1, 0.15) is 12.5 Å². The lowest BCUT2D eigenvalue weighted by atomic mass is 10.0. The molecule has 0 unspecified atom stereocenters. The highest BCUT2D eigenvalue weighted by atomic mass is 16.3. The van der Waals surface area contributed by atoms with E-state index in [9.17, 15) is 5.11 Å². The number of benzene rings is 2. The van der Waals surface area contributed by atoms with Gasteiger partial charge in [0.05, 0.1) is 6.61 Å². The number of hydrogen-bond acceptors (Lipinski definition) is 3. The summed E-state index contributed by atoms with van der Waals surface area (Å²) in [6, 6.07) is 11.6. The highest BCUT2D eigenvalue weighted by Crippen LogP contribution is 2.26. The SMILES string of the molecule is C[C@H](CO)NCc1c(O)ccc2ccccc12. The molecule has 0 aliphatic carbocycles. The Morgan fingerprint density at radius 1 is 1.18 bits per heavy atom. The van der Waals surface area contributed by atoms with Crippen molar-refractivity contribution in [3.8, 4) is 5.75 Å². The summed E-state index contributed by atoms with van der Waals surface area (Å²) < 4.78 is 0. The number of phenolic OH excluding ortho intramolecular Hbond substituents is 1. The second-order valence-electron chi connectivity index (χ2n) is 4.25. The predicted octanol–water partition coefficient (Wildman–Crippen LogP) is 2.02. The number of aromatic hydroxyl groups is 1. The molecule has 0 aliphatic heterocycles. The van der Waals surface area contributed by atoms with Gasteiger partial charge in [0.2, 0.25) is 0 Å². The van der Waals surface area contributed by atoms with E-state index in [2.05, 4.69) is 5.32 Å². The van der Waals surface area contributed by atoms with Gasteiger partial charge in [-0.25, -0.2) is 0 Å². The highest BCUT2D eigenvalue weighted by molar-refractivity contribution is 5.87. The Morgan fingerprint density at radius 2 is 1.94 bits per heavy atom. The lowest BCUT2D eigenvalue weighted by Gasteiger charge is -2.13. The zero-order valence-corrected chi connectivity index (χ0v) is 9.85. The molecule has 3 nitrogen and oxygen atoms in total. The summed E-state index contributed by atoms with van der Waals surface area (Å²) in [4.78, 5) is 0. The van der Waals surface area contributed by atoms with E-state index in [1.807, 2.05) is 37.3 Å². The minimum Gasteiger partial charge on any atom is -0.508 e. The van der Waals surface area contributed by atoms with Crippen LogP contribution in [0.4, 0.5) is 0 Å². The molecule has 0 aromatic heterocycles. The maximum absolute atomic E-state index is 9.89. The van der Waals surface area contributed by atoms with Gasteiger partial charge in [0.25, 0.3) is 0 Å². The van der Waals surface area contributed by atoms with Gasteiger partial charge in [-0.3, -0.25) is 0 Å². The third-order valence-corrected chi connectivity index (χ3v) is 2.92. The Labute approximate surface area is 101 Å². The van der Waals surface area contributed by atoms with Crippen LogP contribution in [0.3, 0.4) is 0 Å². The van der Waals surface area contributed by atoms with Crippen LogP contribution in [-0.2, 0) is 6.54 Å². The Balaban J connectivity index is 2.34. The molecule has 0 amide bonds. The summed E-state index contributed by atoms with van der Waals surface area (Å²) in [5, 5.41) is 24.2. The summed E-state index contributed by atoms with van der Waals surface area (Å²) >= 11 is 0. The molecule has 1 atom stereocenters. The summed E-state index contributed by atoms with van der Waals surface area (Å²) in [6.45, 7) is 2.54. The van der Waals surface area contributed by atoms with Crippen molar-refractivity contribution in [2.75, 3.05) is 6.61 Å². The van der Waals surface area contributed by atoms with Crippen LogP contribution in [0.15, 0.2) is 36.4 Å². The van der Waals surface area contributed by atoms with Crippen molar-refractivity contribution in [2.45, 2.75) is 19.5 Å². The van der Waals surface area contributed by atoms with Gasteiger partial charge < -0.3 is 15.5 Å². The Morgan fingerprint density at radius 3 is 2.71 bits per heavy atom. The average Bonchev–Trinajstić information content (AvgIpc) is 2.37. The van der Waals surface area contributed by atoms with E-state index in [1.165, 1.54) is 0 Å². The van der Waals surface area contributed by atoms with Crippen LogP contribution < -0.4 is 5.32 Å². The number of aliphatic hydroxyl groups is 1. The standard InChI is InChI=1S/C14H17NO2/c1-10(9-16)15-8-13-12-5-3-2-4-11(12)6-7-14(13)17/h2-7,10,15-17H,8-9H2,1H3/t10-/m1/s1. The van der Waals surface area contributed by atoms with E-state index < -0.39 is 0 Å². The molecule has 0 saturated heterocycles. The van der Waals surface area contributed by atoms with Crippen LogP contribution >= 0.6 is 0 Å². The van der Waals surface area contributed by atoms with Crippen molar-refractivity contribution in [2.24, 2.45) is 0 Å². The number of rotatable bonds is 4. The van der Waals surface area contributed by atoms with E-state index in [4.69, 9.17) is 5.11 Å². The van der Waals surface area contributed by atoms with Crippen LogP contribution in [-0.4, -0.2) is 22.9 Å². The van der Waals surface area contributed by atoms with Gasteiger partial charge in [-0.2, -0.15) is 0 Å². The summed E-state index contributed by atoms with van der Waals surface area (Å²) in [5.74, 6) is 0.293. The molecule has 0 bridgehead atoms. The second kappa shape index (κ2) is 5.17. The molecule has 0 saturated carbocycles. The third kappa shape index (κ3) is 2.57. The van der Waals surface area contributed by atoms with Crippen molar-refractivity contribution in [3.63, 3.8) is 0 Å². The molecular weight excluding hydrogens is 214 g/mol. The van der Waals surface area contributed by atoms with Crippen molar-refractivity contribution >= 4 is 10.8 Å². The summed E-state index contributed by atoms with van der Waals surface area (Å²) in [5.41, 5.74) is 0.878. The molecule has 0 fully saturated rings. The smallest absolute Gasteiger partial charge is 0.120 e.